The largest absolute Gasteiger partial charge is 0.160 e. The van der Waals surface area contributed by atoms with E-state index in [0.29, 0.717) is 0 Å². The quantitative estimate of drug-likeness (QED) is 0.506. The minimum atomic E-state index is -1.36. The average molecular weight is 235 g/mol. The van der Waals surface area contributed by atoms with Crippen LogP contribution in [-0.2, 0) is 0 Å². The molecule has 0 fully saturated rings. The van der Waals surface area contributed by atoms with Crippen LogP contribution in [0.15, 0.2) is 11.8 Å². The highest BCUT2D eigenvalue weighted by Crippen LogP contribution is 2.42. The Morgan fingerprint density at radius 3 is 1.45 bits per heavy atom. The summed E-state index contributed by atoms with van der Waals surface area (Å²) in [4.78, 5) is 0. The zero-order valence-electron chi connectivity index (χ0n) is 8.24. The summed E-state index contributed by atoms with van der Waals surface area (Å²) in [6, 6.07) is 0. The molecule has 2 heteroatoms. The van der Waals surface area contributed by atoms with Crippen LogP contribution in [0.3, 0.4) is 0 Å². The first-order valence-electron chi connectivity index (χ1n) is 4.18. The highest BCUT2D eigenvalue weighted by atomic mass is 79.9. The molecule has 0 bridgehead atoms. The van der Waals surface area contributed by atoms with Crippen molar-refractivity contribution >= 4 is 22.0 Å². The number of rotatable bonds is 3. The van der Waals surface area contributed by atoms with Gasteiger partial charge in [0.1, 0.15) is 0 Å². The SMILES string of the molecule is C=C(C)[Si](Br)(C(C)C)C(C)C. The van der Waals surface area contributed by atoms with Crippen molar-refractivity contribution in [2.24, 2.45) is 0 Å². The number of allylic oxidation sites excluding steroid dienone is 1. The fourth-order valence-corrected chi connectivity index (χ4v) is 4.96. The Hall–Kier alpha value is 0.437. The topological polar surface area (TPSA) is 0 Å². The van der Waals surface area contributed by atoms with Crippen LogP contribution in [0.1, 0.15) is 34.6 Å². The third-order valence-electron chi connectivity index (χ3n) is 2.33. The van der Waals surface area contributed by atoms with Crippen LogP contribution in [0.2, 0.25) is 11.1 Å². The molecule has 0 amide bonds. The molecule has 0 saturated heterocycles. The van der Waals surface area contributed by atoms with Gasteiger partial charge in [-0.15, -0.1) is 21.9 Å². The van der Waals surface area contributed by atoms with Gasteiger partial charge in [-0.25, -0.2) is 0 Å². The van der Waals surface area contributed by atoms with Crippen molar-refractivity contribution in [3.63, 3.8) is 0 Å². The maximum Gasteiger partial charge on any atom is 0.160 e. The molecule has 0 aliphatic heterocycles. The molecule has 0 aromatic heterocycles. The molecule has 0 atom stereocenters. The molecule has 0 saturated carbocycles. The molecule has 0 aromatic rings. The van der Waals surface area contributed by atoms with Gasteiger partial charge in [0, 0.05) is 0 Å². The second kappa shape index (κ2) is 3.90. The van der Waals surface area contributed by atoms with Crippen molar-refractivity contribution in [1.82, 2.24) is 0 Å². The Morgan fingerprint density at radius 1 is 1.18 bits per heavy atom. The first-order chi connectivity index (χ1) is 4.83. The molecular weight excluding hydrogens is 216 g/mol. The summed E-state index contributed by atoms with van der Waals surface area (Å²) in [5, 5.41) is 1.36. The minimum Gasteiger partial charge on any atom is -0.120 e. The van der Waals surface area contributed by atoms with E-state index in [1.54, 1.807) is 0 Å². The van der Waals surface area contributed by atoms with Crippen LogP contribution in [-0.4, -0.2) is 6.69 Å². The fourth-order valence-electron chi connectivity index (χ4n) is 1.65. The van der Waals surface area contributed by atoms with Crippen LogP contribution < -0.4 is 0 Å². The summed E-state index contributed by atoms with van der Waals surface area (Å²) in [5.41, 5.74) is 1.47. The highest BCUT2D eigenvalue weighted by molar-refractivity contribution is 9.26. The summed E-state index contributed by atoms with van der Waals surface area (Å²) >= 11 is 3.92. The lowest BCUT2D eigenvalue weighted by Gasteiger charge is -2.33. The molecule has 0 heterocycles. The molecule has 0 spiro atoms. The lowest BCUT2D eigenvalue weighted by Crippen LogP contribution is -2.35. The van der Waals surface area contributed by atoms with Crippen molar-refractivity contribution in [2.75, 3.05) is 0 Å². The standard InChI is InChI=1S/C9H19BrSi/c1-7(2)11(10,8(3)4)9(5)6/h8-9H,1H2,2-6H3. The van der Waals surface area contributed by atoms with E-state index in [1.807, 2.05) is 0 Å². The number of hydrogen-bond donors (Lipinski definition) is 0. The highest BCUT2D eigenvalue weighted by Gasteiger charge is 2.37. The van der Waals surface area contributed by atoms with Crippen LogP contribution in [0, 0.1) is 0 Å². The Bertz CT molecular complexity index is 142. The third-order valence-corrected chi connectivity index (χ3v) is 14.5. The summed E-state index contributed by atoms with van der Waals surface area (Å²) in [6.07, 6.45) is 0. The van der Waals surface area contributed by atoms with Crippen molar-refractivity contribution < 1.29 is 0 Å². The van der Waals surface area contributed by atoms with Gasteiger partial charge in [-0.05, 0) is 18.0 Å². The van der Waals surface area contributed by atoms with E-state index >= 15 is 0 Å². The van der Waals surface area contributed by atoms with Crippen LogP contribution in [0.25, 0.3) is 0 Å². The summed E-state index contributed by atoms with van der Waals surface area (Å²) in [7, 11) is 0. The Balaban J connectivity index is 4.67. The van der Waals surface area contributed by atoms with E-state index in [2.05, 4.69) is 56.5 Å². The zero-order valence-corrected chi connectivity index (χ0v) is 10.8. The van der Waals surface area contributed by atoms with Crippen LogP contribution >= 0.6 is 15.3 Å². The van der Waals surface area contributed by atoms with Gasteiger partial charge in [-0.1, -0.05) is 32.9 Å². The second-order valence-electron chi connectivity index (χ2n) is 3.86. The first-order valence-corrected chi connectivity index (χ1v) is 8.59. The van der Waals surface area contributed by atoms with Crippen molar-refractivity contribution in [3.8, 4) is 0 Å². The van der Waals surface area contributed by atoms with Gasteiger partial charge in [-0.2, -0.15) is 0 Å². The van der Waals surface area contributed by atoms with E-state index in [1.165, 1.54) is 5.20 Å². The zero-order chi connectivity index (χ0) is 9.23. The van der Waals surface area contributed by atoms with Crippen molar-refractivity contribution in [3.05, 3.63) is 11.8 Å². The van der Waals surface area contributed by atoms with Gasteiger partial charge in [0.05, 0.1) is 0 Å². The van der Waals surface area contributed by atoms with E-state index in [-0.39, 0.29) is 0 Å². The third kappa shape index (κ3) is 2.19. The summed E-state index contributed by atoms with van der Waals surface area (Å²) in [5.74, 6) is 0. The molecule has 11 heavy (non-hydrogen) atoms. The van der Waals surface area contributed by atoms with Crippen LogP contribution in [0.4, 0.5) is 0 Å². The van der Waals surface area contributed by atoms with Gasteiger partial charge < -0.3 is 0 Å². The molecule has 0 aliphatic carbocycles. The molecular formula is C9H19BrSi. The molecule has 66 valence electrons. The minimum absolute atomic E-state index is 0.736. The van der Waals surface area contributed by atoms with Crippen LogP contribution in [0.5, 0.6) is 0 Å². The van der Waals surface area contributed by atoms with Gasteiger partial charge in [0.2, 0.25) is 0 Å². The molecule has 0 N–H and O–H groups in total. The molecule has 0 unspecified atom stereocenters. The maximum absolute atomic E-state index is 4.08. The van der Waals surface area contributed by atoms with E-state index in [0.717, 1.165) is 11.1 Å². The van der Waals surface area contributed by atoms with Crippen molar-refractivity contribution in [1.29, 1.82) is 0 Å². The first kappa shape index (κ1) is 11.4. The lowest BCUT2D eigenvalue weighted by molar-refractivity contribution is 0.935. The molecule has 0 radical (unpaired) electrons. The predicted molar refractivity (Wildman–Crippen MR) is 59.7 cm³/mol. The summed E-state index contributed by atoms with van der Waals surface area (Å²) < 4.78 is 0. The molecule has 0 aliphatic rings. The number of halogens is 1. The maximum atomic E-state index is 4.08. The fraction of sp³-hybridized carbons (Fsp3) is 0.778. The van der Waals surface area contributed by atoms with E-state index in [9.17, 15) is 0 Å². The van der Waals surface area contributed by atoms with Gasteiger partial charge in [-0.3, -0.25) is 0 Å². The smallest absolute Gasteiger partial charge is 0.120 e. The van der Waals surface area contributed by atoms with Gasteiger partial charge in [0.25, 0.3) is 0 Å². The Labute approximate surface area is 79.7 Å². The lowest BCUT2D eigenvalue weighted by atomic mass is 10.5. The summed E-state index contributed by atoms with van der Waals surface area (Å²) in [6.45, 7) is 14.0. The average Bonchev–Trinajstić information content (AvgIpc) is 1.84. The normalized spacial score (nSPS) is 12.7. The van der Waals surface area contributed by atoms with E-state index in [4.69, 9.17) is 0 Å². The molecule has 0 nitrogen and oxygen atoms in total. The van der Waals surface area contributed by atoms with E-state index < -0.39 is 6.69 Å². The second-order valence-corrected chi connectivity index (χ2v) is 12.5. The molecule has 0 rings (SSSR count). The predicted octanol–water partition coefficient (Wildman–Crippen LogP) is 4.26. The van der Waals surface area contributed by atoms with Crippen molar-refractivity contribution in [2.45, 2.75) is 45.7 Å². The molecule has 0 aromatic carbocycles. The Kier molecular flexibility index (Phi) is 4.06. The monoisotopic (exact) mass is 234 g/mol. The van der Waals surface area contributed by atoms with Gasteiger partial charge >= 0.3 is 0 Å². The number of hydrogen-bond acceptors (Lipinski definition) is 0. The Morgan fingerprint density at radius 2 is 1.45 bits per heavy atom. The van der Waals surface area contributed by atoms with Gasteiger partial charge in [0.15, 0.2) is 6.69 Å².